The first-order valence-corrected chi connectivity index (χ1v) is 8.55. The maximum absolute atomic E-state index is 13.2. The molecule has 0 aliphatic carbocycles. The molecule has 1 aliphatic heterocycles. The van der Waals surface area contributed by atoms with E-state index in [2.05, 4.69) is 9.97 Å². The lowest BCUT2D eigenvalue weighted by Gasteiger charge is -2.22. The Labute approximate surface area is 141 Å². The summed E-state index contributed by atoms with van der Waals surface area (Å²) in [5, 5.41) is 0.377. The first kappa shape index (κ1) is 16.9. The molecule has 8 heteroatoms. The Bertz CT molecular complexity index is 763. The summed E-state index contributed by atoms with van der Waals surface area (Å²) in [5.41, 5.74) is 0.199. The van der Waals surface area contributed by atoms with Gasteiger partial charge in [-0.25, -0.2) is 13.8 Å². The molecule has 1 atom stereocenters. The molecule has 2 aromatic rings. The zero-order valence-corrected chi connectivity index (χ0v) is 13.6. The topological polar surface area (TPSA) is 64.2 Å². The molecule has 1 aromatic carbocycles. The van der Waals surface area contributed by atoms with Crippen LogP contribution in [0.2, 0.25) is 0 Å². The normalized spacial score (nSPS) is 17.7. The van der Waals surface area contributed by atoms with E-state index in [0.29, 0.717) is 23.1 Å². The second-order valence-corrected chi connectivity index (χ2v) is 6.30. The number of aromatic amines is 1. The fourth-order valence-electron chi connectivity index (χ4n) is 2.25. The second-order valence-electron chi connectivity index (χ2n) is 5.33. The lowest BCUT2D eigenvalue weighted by atomic mass is 10.2. The third-order valence-electron chi connectivity index (χ3n) is 3.50. The number of benzene rings is 1. The second kappa shape index (κ2) is 7.76. The number of hydrogen-bond acceptors (Lipinski definition) is 5. The monoisotopic (exact) mass is 354 g/mol. The molecule has 1 aromatic heterocycles. The molecule has 5 nitrogen and oxygen atoms in total. The number of ether oxygens (including phenoxy) is 2. The van der Waals surface area contributed by atoms with E-state index in [-0.39, 0.29) is 5.75 Å². The van der Waals surface area contributed by atoms with Crippen molar-refractivity contribution in [1.82, 2.24) is 9.97 Å². The van der Waals surface area contributed by atoms with Crippen LogP contribution in [0.1, 0.15) is 24.8 Å². The Morgan fingerprint density at radius 2 is 2.21 bits per heavy atom. The van der Waals surface area contributed by atoms with Gasteiger partial charge in [0.05, 0.1) is 12.8 Å². The summed E-state index contributed by atoms with van der Waals surface area (Å²) in [6.07, 6.45) is 3.67. The molecule has 1 N–H and O–H groups in total. The Balaban J connectivity index is 1.61. The van der Waals surface area contributed by atoms with Crippen LogP contribution in [-0.2, 0) is 10.5 Å². The Kier molecular flexibility index (Phi) is 5.47. The highest BCUT2D eigenvalue weighted by Gasteiger charge is 2.17. The van der Waals surface area contributed by atoms with Crippen LogP contribution in [0.5, 0.6) is 5.75 Å². The molecule has 1 fully saturated rings. The van der Waals surface area contributed by atoms with Gasteiger partial charge < -0.3 is 9.47 Å². The fourth-order valence-corrected chi connectivity index (χ4v) is 3.03. The first-order chi connectivity index (χ1) is 11.6. The zero-order chi connectivity index (χ0) is 16.9. The number of thioether (sulfide) groups is 1. The summed E-state index contributed by atoms with van der Waals surface area (Å²) < 4.78 is 37.0. The van der Waals surface area contributed by atoms with Crippen molar-refractivity contribution in [2.75, 3.05) is 6.61 Å². The summed E-state index contributed by atoms with van der Waals surface area (Å²) in [7, 11) is 0. The van der Waals surface area contributed by atoms with Gasteiger partial charge in [0, 0.05) is 12.2 Å². The number of aromatic nitrogens is 2. The Morgan fingerprint density at radius 1 is 1.33 bits per heavy atom. The summed E-state index contributed by atoms with van der Waals surface area (Å²) in [6.45, 7) is 0.623. The van der Waals surface area contributed by atoms with E-state index in [1.54, 1.807) is 0 Å². The molecule has 0 radical (unpaired) electrons. The molecule has 128 valence electrons. The van der Waals surface area contributed by atoms with Crippen molar-refractivity contribution in [3.8, 4) is 5.75 Å². The molecule has 1 aliphatic rings. The highest BCUT2D eigenvalue weighted by Crippen LogP contribution is 2.21. The number of H-pyrrole nitrogens is 1. The van der Waals surface area contributed by atoms with Gasteiger partial charge in [-0.15, -0.1) is 0 Å². The molecule has 3 rings (SSSR count). The maximum atomic E-state index is 13.2. The predicted octanol–water partition coefficient (Wildman–Crippen LogP) is 3.25. The zero-order valence-electron chi connectivity index (χ0n) is 12.8. The van der Waals surface area contributed by atoms with Gasteiger partial charge >= 0.3 is 0 Å². The van der Waals surface area contributed by atoms with Crippen LogP contribution in [-0.4, -0.2) is 22.9 Å². The highest BCUT2D eigenvalue weighted by molar-refractivity contribution is 7.98. The van der Waals surface area contributed by atoms with Crippen LogP contribution >= 0.6 is 11.8 Å². The first-order valence-electron chi connectivity index (χ1n) is 7.56. The molecular formula is C16H16F2N2O3S. The molecule has 0 spiro atoms. The van der Waals surface area contributed by atoms with E-state index in [1.165, 1.54) is 24.0 Å². The van der Waals surface area contributed by atoms with E-state index < -0.39 is 23.5 Å². The number of nitrogens with zero attached hydrogens (tertiary/aromatic N) is 1. The minimum Gasteiger partial charge on any atom is -0.458 e. The van der Waals surface area contributed by atoms with Crippen molar-refractivity contribution in [2.45, 2.75) is 36.5 Å². The van der Waals surface area contributed by atoms with Crippen LogP contribution < -0.4 is 10.3 Å². The van der Waals surface area contributed by atoms with Crippen molar-refractivity contribution >= 4 is 11.8 Å². The number of halogens is 2. The third kappa shape index (κ3) is 4.33. The van der Waals surface area contributed by atoms with Crippen LogP contribution in [0.15, 0.2) is 34.3 Å². The molecule has 0 saturated carbocycles. The van der Waals surface area contributed by atoms with Crippen LogP contribution in [0.3, 0.4) is 0 Å². The third-order valence-corrected chi connectivity index (χ3v) is 4.46. The highest BCUT2D eigenvalue weighted by atomic mass is 32.2. The van der Waals surface area contributed by atoms with Gasteiger partial charge in [0.15, 0.2) is 23.1 Å². The Morgan fingerprint density at radius 3 is 2.92 bits per heavy atom. The number of rotatable bonds is 5. The minimum atomic E-state index is -0.897. The molecule has 2 heterocycles. The van der Waals surface area contributed by atoms with Gasteiger partial charge in [0.1, 0.15) is 0 Å². The molecule has 24 heavy (non-hydrogen) atoms. The average Bonchev–Trinajstić information content (AvgIpc) is 2.59. The lowest BCUT2D eigenvalue weighted by Crippen LogP contribution is -2.27. The van der Waals surface area contributed by atoms with Crippen molar-refractivity contribution in [3.05, 3.63) is 51.9 Å². The Hall–Kier alpha value is -1.93. The van der Waals surface area contributed by atoms with Crippen LogP contribution in [0.25, 0.3) is 0 Å². The van der Waals surface area contributed by atoms with Gasteiger partial charge in [-0.05, 0) is 30.5 Å². The molecular weight excluding hydrogens is 338 g/mol. The molecule has 1 saturated heterocycles. The van der Waals surface area contributed by atoms with Gasteiger partial charge in [0.2, 0.25) is 5.75 Å². The molecule has 1 unspecified atom stereocenters. The van der Waals surface area contributed by atoms with Gasteiger partial charge in [-0.1, -0.05) is 17.8 Å². The van der Waals surface area contributed by atoms with Gasteiger partial charge in [-0.3, -0.25) is 9.78 Å². The van der Waals surface area contributed by atoms with Gasteiger partial charge in [0.25, 0.3) is 5.56 Å². The lowest BCUT2D eigenvalue weighted by molar-refractivity contribution is -0.106. The average molecular weight is 354 g/mol. The number of nitrogens with one attached hydrogen (secondary N) is 1. The van der Waals surface area contributed by atoms with Crippen molar-refractivity contribution in [2.24, 2.45) is 0 Å². The maximum Gasteiger partial charge on any atom is 0.294 e. The largest absolute Gasteiger partial charge is 0.458 e. The van der Waals surface area contributed by atoms with E-state index in [4.69, 9.17) is 9.47 Å². The number of hydrogen-bond donors (Lipinski definition) is 1. The van der Waals surface area contributed by atoms with E-state index in [9.17, 15) is 13.6 Å². The summed E-state index contributed by atoms with van der Waals surface area (Å²) in [6, 6.07) is 3.68. The van der Waals surface area contributed by atoms with Crippen molar-refractivity contribution < 1.29 is 18.3 Å². The van der Waals surface area contributed by atoms with E-state index in [0.717, 1.165) is 31.4 Å². The molecule has 0 bridgehead atoms. The summed E-state index contributed by atoms with van der Waals surface area (Å²) >= 11 is 1.21. The van der Waals surface area contributed by atoms with Crippen molar-refractivity contribution in [3.63, 3.8) is 0 Å². The van der Waals surface area contributed by atoms with Crippen LogP contribution in [0.4, 0.5) is 8.78 Å². The van der Waals surface area contributed by atoms with E-state index in [1.807, 2.05) is 0 Å². The SMILES string of the molecule is O=c1[nH]c(SCc2ccc(F)c(F)c2)ncc1OC1CCCCO1. The quantitative estimate of drug-likeness (QED) is 0.660. The van der Waals surface area contributed by atoms with Crippen molar-refractivity contribution in [1.29, 1.82) is 0 Å². The molecule has 0 amide bonds. The predicted molar refractivity (Wildman–Crippen MR) is 85.0 cm³/mol. The fraction of sp³-hybridized carbons (Fsp3) is 0.375. The smallest absolute Gasteiger partial charge is 0.294 e. The summed E-state index contributed by atoms with van der Waals surface area (Å²) in [5.74, 6) is -1.32. The standard InChI is InChI=1S/C16H16F2N2O3S/c17-11-5-4-10(7-12(11)18)9-24-16-19-8-13(15(21)20-16)23-14-3-1-2-6-22-14/h4-5,7-8,14H,1-3,6,9H2,(H,19,20,21). The van der Waals surface area contributed by atoms with Crippen LogP contribution in [0, 0.1) is 11.6 Å². The summed E-state index contributed by atoms with van der Waals surface area (Å²) in [4.78, 5) is 18.8. The van der Waals surface area contributed by atoms with E-state index >= 15 is 0 Å². The minimum absolute atomic E-state index is 0.110. The van der Waals surface area contributed by atoms with Gasteiger partial charge in [-0.2, -0.15) is 0 Å².